The van der Waals surface area contributed by atoms with Crippen LogP contribution in [0.4, 0.5) is 11.4 Å². The fourth-order valence-corrected chi connectivity index (χ4v) is 1.53. The minimum Gasteiger partial charge on any atom is -0.381 e. The number of rotatable bonds is 2. The van der Waals surface area contributed by atoms with Crippen molar-refractivity contribution in [2.45, 2.75) is 0 Å². The number of hydrogen-bond donors (Lipinski definition) is 1. The van der Waals surface area contributed by atoms with Gasteiger partial charge in [-0.2, -0.15) is 0 Å². The minimum atomic E-state index is -0.538. The Morgan fingerprint density at radius 3 is 2.54 bits per heavy atom. The lowest BCUT2D eigenvalue weighted by Gasteiger charge is -2.04. The summed E-state index contributed by atoms with van der Waals surface area (Å²) in [5.41, 5.74) is 0.149. The number of nitro groups is 1. The Morgan fingerprint density at radius 1 is 1.46 bits per heavy atom. The third-order valence-corrected chi connectivity index (χ3v) is 2.00. The standard InChI is InChI=1S/C7H6Cl2N2O2/c1-10-7-5(9)2-4(8)3-6(7)11(12)13/h2-3,10H,1H3. The molecule has 1 aromatic carbocycles. The lowest BCUT2D eigenvalue weighted by atomic mass is 10.2. The van der Waals surface area contributed by atoms with Gasteiger partial charge in [-0.1, -0.05) is 23.2 Å². The third-order valence-electron chi connectivity index (χ3n) is 1.48. The predicted molar refractivity (Wildman–Crippen MR) is 52.7 cm³/mol. The SMILES string of the molecule is CNc1c(Cl)cc(Cl)cc1[N+](=O)[O-]. The first kappa shape index (κ1) is 10.1. The van der Waals surface area contributed by atoms with Gasteiger partial charge in [0.15, 0.2) is 0 Å². The first-order valence-corrected chi connectivity index (χ1v) is 4.13. The molecule has 70 valence electrons. The van der Waals surface area contributed by atoms with Crippen LogP contribution in [0.2, 0.25) is 10.0 Å². The zero-order valence-electron chi connectivity index (χ0n) is 6.67. The largest absolute Gasteiger partial charge is 0.381 e. The molecule has 4 nitrogen and oxygen atoms in total. The average Bonchev–Trinajstić information content (AvgIpc) is 2.02. The van der Waals surface area contributed by atoms with E-state index in [0.29, 0.717) is 0 Å². The zero-order valence-corrected chi connectivity index (χ0v) is 8.19. The van der Waals surface area contributed by atoms with Gasteiger partial charge >= 0.3 is 0 Å². The second-order valence-electron chi connectivity index (χ2n) is 2.29. The third kappa shape index (κ3) is 2.02. The van der Waals surface area contributed by atoms with Gasteiger partial charge in [0, 0.05) is 18.1 Å². The summed E-state index contributed by atoms with van der Waals surface area (Å²) in [5, 5.41) is 13.7. The Hall–Kier alpha value is -1.00. The van der Waals surface area contributed by atoms with Crippen LogP contribution in [0.25, 0.3) is 0 Å². The van der Waals surface area contributed by atoms with Gasteiger partial charge in [-0.3, -0.25) is 10.1 Å². The Balaban J connectivity index is 3.38. The van der Waals surface area contributed by atoms with Crippen LogP contribution < -0.4 is 5.32 Å². The normalized spacial score (nSPS) is 9.77. The van der Waals surface area contributed by atoms with Crippen LogP contribution >= 0.6 is 23.2 Å². The molecule has 1 aromatic rings. The van der Waals surface area contributed by atoms with Gasteiger partial charge in [0.05, 0.1) is 9.95 Å². The monoisotopic (exact) mass is 220 g/mol. The Labute approximate surface area is 84.6 Å². The van der Waals surface area contributed by atoms with E-state index in [4.69, 9.17) is 23.2 Å². The molecular weight excluding hydrogens is 215 g/mol. The molecule has 0 saturated heterocycles. The molecule has 0 spiro atoms. The predicted octanol–water partition coefficient (Wildman–Crippen LogP) is 2.94. The fourth-order valence-electron chi connectivity index (χ4n) is 0.951. The lowest BCUT2D eigenvalue weighted by Crippen LogP contribution is -1.97. The average molecular weight is 221 g/mol. The topological polar surface area (TPSA) is 55.2 Å². The molecule has 0 aliphatic heterocycles. The molecule has 0 unspecified atom stereocenters. The van der Waals surface area contributed by atoms with Gasteiger partial charge in [-0.25, -0.2) is 0 Å². The number of nitrogens with one attached hydrogen (secondary N) is 1. The van der Waals surface area contributed by atoms with E-state index in [1.165, 1.54) is 12.1 Å². The number of halogens is 2. The maximum Gasteiger partial charge on any atom is 0.295 e. The number of anilines is 1. The summed E-state index contributed by atoms with van der Waals surface area (Å²) >= 11 is 11.3. The molecule has 1 rings (SSSR count). The summed E-state index contributed by atoms with van der Waals surface area (Å²) in [7, 11) is 1.56. The van der Waals surface area contributed by atoms with Crippen LogP contribution in [0.5, 0.6) is 0 Å². The van der Waals surface area contributed by atoms with E-state index < -0.39 is 4.92 Å². The first-order chi connectivity index (χ1) is 6.06. The molecular formula is C7H6Cl2N2O2. The molecule has 0 aromatic heterocycles. The number of benzene rings is 1. The number of hydrogen-bond acceptors (Lipinski definition) is 3. The van der Waals surface area contributed by atoms with Gasteiger partial charge in [-0.05, 0) is 6.07 Å². The highest BCUT2D eigenvalue weighted by molar-refractivity contribution is 6.37. The van der Waals surface area contributed by atoms with Crippen molar-refractivity contribution in [3.05, 3.63) is 32.3 Å². The van der Waals surface area contributed by atoms with Crippen LogP contribution in [0.1, 0.15) is 0 Å². The molecule has 0 bridgehead atoms. The van der Waals surface area contributed by atoms with E-state index in [1.54, 1.807) is 7.05 Å². The van der Waals surface area contributed by atoms with E-state index in [-0.39, 0.29) is 21.4 Å². The van der Waals surface area contributed by atoms with Gasteiger partial charge in [0.2, 0.25) is 0 Å². The summed E-state index contributed by atoms with van der Waals surface area (Å²) < 4.78 is 0. The molecule has 6 heteroatoms. The molecule has 13 heavy (non-hydrogen) atoms. The van der Waals surface area contributed by atoms with E-state index >= 15 is 0 Å². The smallest absolute Gasteiger partial charge is 0.295 e. The van der Waals surface area contributed by atoms with Crippen LogP contribution in [0.15, 0.2) is 12.1 Å². The van der Waals surface area contributed by atoms with Crippen molar-refractivity contribution in [1.82, 2.24) is 0 Å². The maximum absolute atomic E-state index is 10.5. The molecule has 0 aliphatic carbocycles. The Morgan fingerprint density at radius 2 is 2.08 bits per heavy atom. The van der Waals surface area contributed by atoms with Gasteiger partial charge < -0.3 is 5.32 Å². The van der Waals surface area contributed by atoms with Crippen LogP contribution in [-0.2, 0) is 0 Å². The van der Waals surface area contributed by atoms with Gasteiger partial charge in [0.1, 0.15) is 5.69 Å². The number of nitro benzene ring substituents is 1. The van der Waals surface area contributed by atoms with Crippen molar-refractivity contribution >= 4 is 34.6 Å². The summed E-state index contributed by atoms with van der Waals surface area (Å²) in [6, 6.07) is 2.70. The van der Waals surface area contributed by atoms with E-state index in [2.05, 4.69) is 5.32 Å². The van der Waals surface area contributed by atoms with Gasteiger partial charge in [-0.15, -0.1) is 0 Å². The lowest BCUT2D eigenvalue weighted by molar-refractivity contribution is -0.383. The molecule has 0 aliphatic rings. The van der Waals surface area contributed by atoms with Crippen molar-refractivity contribution in [3.63, 3.8) is 0 Å². The molecule has 0 amide bonds. The summed E-state index contributed by atoms with van der Waals surface area (Å²) in [6.45, 7) is 0. The molecule has 1 N–H and O–H groups in total. The van der Waals surface area contributed by atoms with E-state index in [0.717, 1.165) is 0 Å². The van der Waals surface area contributed by atoms with Crippen molar-refractivity contribution in [1.29, 1.82) is 0 Å². The minimum absolute atomic E-state index is 0.125. The maximum atomic E-state index is 10.5. The summed E-state index contributed by atoms with van der Waals surface area (Å²) in [5.74, 6) is 0. The fraction of sp³-hybridized carbons (Fsp3) is 0.143. The molecule has 0 atom stereocenters. The molecule has 0 saturated carbocycles. The molecule has 0 heterocycles. The quantitative estimate of drug-likeness (QED) is 0.616. The van der Waals surface area contributed by atoms with Gasteiger partial charge in [0.25, 0.3) is 5.69 Å². The molecule has 0 radical (unpaired) electrons. The second kappa shape index (κ2) is 3.81. The van der Waals surface area contributed by atoms with Crippen LogP contribution in [0.3, 0.4) is 0 Å². The van der Waals surface area contributed by atoms with Crippen molar-refractivity contribution in [2.24, 2.45) is 0 Å². The zero-order chi connectivity index (χ0) is 10.0. The first-order valence-electron chi connectivity index (χ1n) is 3.37. The van der Waals surface area contributed by atoms with Crippen molar-refractivity contribution < 1.29 is 4.92 Å². The van der Waals surface area contributed by atoms with Crippen LogP contribution in [0, 0.1) is 10.1 Å². The summed E-state index contributed by atoms with van der Waals surface area (Å²) in [4.78, 5) is 10.00. The van der Waals surface area contributed by atoms with E-state index in [9.17, 15) is 10.1 Å². The highest BCUT2D eigenvalue weighted by Gasteiger charge is 2.16. The van der Waals surface area contributed by atoms with Crippen LogP contribution in [-0.4, -0.2) is 12.0 Å². The number of nitrogens with zero attached hydrogens (tertiary/aromatic N) is 1. The van der Waals surface area contributed by atoms with Crippen molar-refractivity contribution in [3.8, 4) is 0 Å². The Bertz CT molecular complexity index is 355. The highest BCUT2D eigenvalue weighted by atomic mass is 35.5. The highest BCUT2D eigenvalue weighted by Crippen LogP contribution is 2.34. The second-order valence-corrected chi connectivity index (χ2v) is 3.13. The van der Waals surface area contributed by atoms with Crippen molar-refractivity contribution in [2.75, 3.05) is 12.4 Å². The molecule has 0 fully saturated rings. The Kier molecular flexibility index (Phi) is 2.95. The van der Waals surface area contributed by atoms with E-state index in [1.807, 2.05) is 0 Å². The summed E-state index contributed by atoms with van der Waals surface area (Å²) in [6.07, 6.45) is 0.